The second-order valence-corrected chi connectivity index (χ2v) is 12.8. The number of fused-ring (bicyclic) bond motifs is 1. The number of alkyl halides is 1. The summed E-state index contributed by atoms with van der Waals surface area (Å²) in [4.78, 5) is 57.1. The van der Waals surface area contributed by atoms with Crippen LogP contribution < -0.4 is 10.2 Å². The van der Waals surface area contributed by atoms with E-state index < -0.39 is 59.5 Å². The molecule has 3 saturated heterocycles. The zero-order valence-corrected chi connectivity index (χ0v) is 26.8. The number of ether oxygens (including phenoxy) is 2. The quantitative estimate of drug-likeness (QED) is 0.175. The van der Waals surface area contributed by atoms with Crippen LogP contribution in [0.1, 0.15) is 39.5 Å². The van der Waals surface area contributed by atoms with Crippen LogP contribution in [0.5, 0.6) is 0 Å². The molecule has 3 aliphatic heterocycles. The van der Waals surface area contributed by atoms with Gasteiger partial charge >= 0.3 is 5.97 Å². The lowest BCUT2D eigenvalue weighted by Gasteiger charge is -2.39. The summed E-state index contributed by atoms with van der Waals surface area (Å²) in [6, 6.07) is 5.07. The normalized spacial score (nSPS) is 28.6. The summed E-state index contributed by atoms with van der Waals surface area (Å²) < 4.78 is 12.3. The average Bonchev–Trinajstić information content (AvgIpc) is 3.58. The molecule has 3 fully saturated rings. The number of para-hydroxylation sites is 1. The fourth-order valence-electron chi connectivity index (χ4n) is 6.58. The van der Waals surface area contributed by atoms with Gasteiger partial charge < -0.3 is 29.7 Å². The van der Waals surface area contributed by atoms with Crippen molar-refractivity contribution in [2.24, 2.45) is 11.8 Å². The smallest absolute Gasteiger partial charge is 0.312 e. The highest BCUT2D eigenvalue weighted by Crippen LogP contribution is 2.61. The van der Waals surface area contributed by atoms with Crippen LogP contribution in [-0.4, -0.2) is 88.1 Å². The Morgan fingerprint density at radius 3 is 2.67 bits per heavy atom. The number of rotatable bonds is 14. The third-order valence-electron chi connectivity index (χ3n) is 8.51. The molecule has 4 rings (SSSR count). The second kappa shape index (κ2) is 13.9. The number of aliphatic hydroxyl groups excluding tert-OH is 1. The zero-order chi connectivity index (χ0) is 31.5. The van der Waals surface area contributed by atoms with E-state index in [4.69, 9.17) is 21.1 Å². The maximum atomic E-state index is 14.6. The summed E-state index contributed by atoms with van der Waals surface area (Å²) in [5, 5.41) is 13.4. The summed E-state index contributed by atoms with van der Waals surface area (Å²) >= 11 is 10.2. The van der Waals surface area contributed by atoms with Gasteiger partial charge in [0.2, 0.25) is 11.8 Å². The predicted molar refractivity (Wildman–Crippen MR) is 166 cm³/mol. The summed E-state index contributed by atoms with van der Waals surface area (Å²) in [5.74, 6) is -3.70. The molecule has 2 N–H and O–H groups in total. The number of esters is 1. The molecule has 3 amide bonds. The third-order valence-corrected chi connectivity index (χ3v) is 9.67. The van der Waals surface area contributed by atoms with Gasteiger partial charge in [-0.2, -0.15) is 0 Å². The molecule has 1 aromatic carbocycles. The van der Waals surface area contributed by atoms with Gasteiger partial charge in [-0.3, -0.25) is 19.2 Å². The summed E-state index contributed by atoms with van der Waals surface area (Å²) in [7, 11) is 0. The molecule has 1 spiro atoms. The second-order valence-electron chi connectivity index (χ2n) is 11.2. The molecule has 0 aromatic heterocycles. The largest absolute Gasteiger partial charge is 0.460 e. The van der Waals surface area contributed by atoms with Crippen molar-refractivity contribution in [1.82, 2.24) is 10.2 Å². The van der Waals surface area contributed by atoms with Crippen molar-refractivity contribution in [1.29, 1.82) is 0 Å². The zero-order valence-electron chi connectivity index (χ0n) is 24.4. The van der Waals surface area contributed by atoms with Gasteiger partial charge in [0.25, 0.3) is 5.91 Å². The van der Waals surface area contributed by atoms with Crippen LogP contribution >= 0.6 is 27.5 Å². The number of carbonyl (C=O) groups excluding carboxylic acids is 4. The van der Waals surface area contributed by atoms with Crippen LogP contribution in [0, 0.1) is 11.8 Å². The molecule has 0 saturated carbocycles. The van der Waals surface area contributed by atoms with E-state index >= 15 is 0 Å². The van der Waals surface area contributed by atoms with Crippen LogP contribution in [-0.2, 0) is 28.7 Å². The molecule has 1 aromatic rings. The SMILES string of the molecule is C=CCCC(=O)NC[C@H](C)OC(=O)[C@@H]1[C@H]2O[C@@]3(CC2Br)[C@H](C(=O)N(CC=C)c2ccccc2Cl)N([C@@H](CC)CO)C(=O)[C@@H]13. The molecule has 234 valence electrons. The van der Waals surface area contributed by atoms with Crippen LogP contribution in [0.4, 0.5) is 5.69 Å². The first-order valence-electron chi connectivity index (χ1n) is 14.6. The van der Waals surface area contributed by atoms with Crippen molar-refractivity contribution < 1.29 is 33.8 Å². The Morgan fingerprint density at radius 2 is 2.05 bits per heavy atom. The van der Waals surface area contributed by atoms with E-state index in [1.165, 1.54) is 9.80 Å². The van der Waals surface area contributed by atoms with Crippen molar-refractivity contribution in [3.63, 3.8) is 0 Å². The Hall–Kier alpha value is -2.73. The number of halogens is 2. The Kier molecular flexibility index (Phi) is 10.7. The van der Waals surface area contributed by atoms with E-state index in [0.717, 1.165) is 0 Å². The highest BCUT2D eigenvalue weighted by Gasteiger charge is 2.77. The Balaban J connectivity index is 1.68. The van der Waals surface area contributed by atoms with E-state index in [0.29, 0.717) is 30.0 Å². The van der Waals surface area contributed by atoms with Crippen molar-refractivity contribution in [3.05, 3.63) is 54.6 Å². The highest BCUT2D eigenvalue weighted by atomic mass is 79.9. The van der Waals surface area contributed by atoms with Crippen molar-refractivity contribution >= 4 is 56.9 Å². The Labute approximate surface area is 265 Å². The van der Waals surface area contributed by atoms with Gasteiger partial charge in [0.1, 0.15) is 17.7 Å². The van der Waals surface area contributed by atoms with Gasteiger partial charge in [-0.1, -0.05) is 58.7 Å². The van der Waals surface area contributed by atoms with Gasteiger partial charge in [0.05, 0.1) is 47.8 Å². The lowest BCUT2D eigenvalue weighted by Crippen LogP contribution is -2.59. The number of carbonyl (C=O) groups is 4. The van der Waals surface area contributed by atoms with E-state index in [1.54, 1.807) is 43.3 Å². The van der Waals surface area contributed by atoms with Gasteiger partial charge in [0, 0.05) is 17.8 Å². The van der Waals surface area contributed by atoms with Crippen LogP contribution in [0.3, 0.4) is 0 Å². The maximum Gasteiger partial charge on any atom is 0.312 e. The molecular weight excluding hydrogens is 642 g/mol. The highest BCUT2D eigenvalue weighted by molar-refractivity contribution is 9.09. The maximum absolute atomic E-state index is 14.6. The fraction of sp³-hybridized carbons (Fsp3) is 0.548. The minimum atomic E-state index is -1.35. The van der Waals surface area contributed by atoms with E-state index in [9.17, 15) is 24.3 Å². The van der Waals surface area contributed by atoms with Gasteiger partial charge in [-0.25, -0.2) is 0 Å². The number of allylic oxidation sites excluding steroid dienone is 1. The molecule has 3 aliphatic rings. The molecule has 0 aliphatic carbocycles. The van der Waals surface area contributed by atoms with E-state index in [1.807, 2.05) is 6.92 Å². The van der Waals surface area contributed by atoms with Gasteiger partial charge in [-0.15, -0.1) is 13.2 Å². The van der Waals surface area contributed by atoms with Crippen molar-refractivity contribution in [3.8, 4) is 0 Å². The third kappa shape index (κ3) is 6.14. The molecule has 0 radical (unpaired) electrons. The van der Waals surface area contributed by atoms with Crippen LogP contribution in [0.2, 0.25) is 5.02 Å². The van der Waals surface area contributed by atoms with Crippen molar-refractivity contribution in [2.75, 3.05) is 24.6 Å². The summed E-state index contributed by atoms with van der Waals surface area (Å²) in [5.41, 5.74) is -0.900. The number of benzene rings is 1. The number of likely N-dealkylation sites (tertiary alicyclic amines) is 1. The number of nitrogens with one attached hydrogen (secondary N) is 1. The number of amides is 3. The first-order valence-corrected chi connectivity index (χ1v) is 15.8. The number of anilines is 1. The first kappa shape index (κ1) is 33.2. The lowest BCUT2D eigenvalue weighted by molar-refractivity contribution is -0.159. The summed E-state index contributed by atoms with van der Waals surface area (Å²) in [6.07, 6.45) is 3.32. The summed E-state index contributed by atoms with van der Waals surface area (Å²) in [6.45, 7) is 10.7. The molecule has 2 bridgehead atoms. The molecule has 10 nitrogen and oxygen atoms in total. The minimum Gasteiger partial charge on any atom is -0.460 e. The molecule has 3 heterocycles. The minimum absolute atomic E-state index is 0.103. The number of nitrogens with zero attached hydrogens (tertiary/aromatic N) is 2. The van der Waals surface area contributed by atoms with Crippen molar-refractivity contribution in [2.45, 2.75) is 74.3 Å². The first-order chi connectivity index (χ1) is 20.6. The number of aliphatic hydroxyl groups is 1. The van der Waals surface area contributed by atoms with E-state index in [2.05, 4.69) is 34.4 Å². The Morgan fingerprint density at radius 1 is 1.33 bits per heavy atom. The fourth-order valence-corrected chi connectivity index (χ4v) is 7.76. The molecule has 12 heteroatoms. The van der Waals surface area contributed by atoms with Crippen LogP contribution in [0.15, 0.2) is 49.6 Å². The molecule has 1 unspecified atom stereocenters. The molecule has 8 atom stereocenters. The number of hydrogen-bond donors (Lipinski definition) is 2. The molecule has 43 heavy (non-hydrogen) atoms. The standard InChI is InChI=1S/C31H39BrClN3O7/c1-5-8-13-23(38)34-16-18(4)42-30(41)24-25-28(39)36(19(7-3)17-37)27(31(25)15-20(32)26(24)43-31)29(40)35(14-6-2)22-12-10-9-11-21(22)33/h5-6,9-12,18-20,24-27,37H,1-2,7-8,13-17H2,3-4H3,(H,34,38)/t18-,19-,20?,24-,25+,26-,27-,31+/m0/s1. The predicted octanol–water partition coefficient (Wildman–Crippen LogP) is 3.39. The topological polar surface area (TPSA) is 125 Å². The van der Waals surface area contributed by atoms with Gasteiger partial charge in [0.15, 0.2) is 0 Å². The molecular formula is C31H39BrClN3O7. The van der Waals surface area contributed by atoms with E-state index in [-0.39, 0.29) is 36.9 Å². The number of hydrogen-bond acceptors (Lipinski definition) is 7. The monoisotopic (exact) mass is 679 g/mol. The van der Waals surface area contributed by atoms with Gasteiger partial charge in [-0.05, 0) is 38.3 Å². The lowest BCUT2D eigenvalue weighted by atomic mass is 9.70. The Bertz CT molecular complexity index is 1260. The van der Waals surface area contributed by atoms with Crippen LogP contribution in [0.25, 0.3) is 0 Å². The average molecular weight is 681 g/mol.